The molecule has 0 saturated carbocycles. The van der Waals surface area contributed by atoms with Gasteiger partial charge in [-0.2, -0.15) is 0 Å². The van der Waals surface area contributed by atoms with Crippen molar-refractivity contribution in [1.29, 1.82) is 0 Å². The molecule has 4 heteroatoms. The molecule has 2 atom stereocenters. The van der Waals surface area contributed by atoms with Gasteiger partial charge in [-0.25, -0.2) is 0 Å². The Bertz CT molecular complexity index is 372. The molecule has 0 aromatic rings. The maximum absolute atomic E-state index is 11.3. The van der Waals surface area contributed by atoms with Crippen molar-refractivity contribution >= 4 is 5.97 Å². The minimum Gasteiger partial charge on any atom is -0.426 e. The van der Waals surface area contributed by atoms with Gasteiger partial charge >= 0.3 is 5.97 Å². The van der Waals surface area contributed by atoms with Crippen molar-refractivity contribution in [3.63, 3.8) is 0 Å². The van der Waals surface area contributed by atoms with E-state index in [1.165, 1.54) is 0 Å². The molecule has 4 nitrogen and oxygen atoms in total. The summed E-state index contributed by atoms with van der Waals surface area (Å²) in [6, 6.07) is 0. The Labute approximate surface area is 109 Å². The van der Waals surface area contributed by atoms with Gasteiger partial charge in [-0.15, -0.1) is 0 Å². The van der Waals surface area contributed by atoms with Gasteiger partial charge < -0.3 is 16.2 Å². The molecule has 0 bridgehead atoms. The fourth-order valence-corrected chi connectivity index (χ4v) is 2.46. The summed E-state index contributed by atoms with van der Waals surface area (Å²) in [7, 11) is 0. The van der Waals surface area contributed by atoms with Gasteiger partial charge in [0, 0.05) is 17.2 Å². The fraction of sp³-hybridized carbons (Fsp3) is 0.643. The first-order chi connectivity index (χ1) is 8.63. The summed E-state index contributed by atoms with van der Waals surface area (Å²) in [6.07, 6.45) is 4.10. The number of esters is 1. The summed E-state index contributed by atoms with van der Waals surface area (Å²) in [5.74, 6) is 0.984. The first kappa shape index (κ1) is 14.8. The quantitative estimate of drug-likeness (QED) is 0.737. The lowest BCUT2D eigenvalue weighted by Gasteiger charge is -2.31. The molecule has 1 aliphatic heterocycles. The third kappa shape index (κ3) is 2.93. The maximum Gasteiger partial charge on any atom is 0.311 e. The maximum atomic E-state index is 11.3. The lowest BCUT2D eigenvalue weighted by molar-refractivity contribution is -0.141. The third-order valence-corrected chi connectivity index (χ3v) is 3.31. The molecule has 18 heavy (non-hydrogen) atoms. The van der Waals surface area contributed by atoms with Crippen LogP contribution in [0.15, 0.2) is 23.1 Å². The zero-order valence-corrected chi connectivity index (χ0v) is 11.5. The molecule has 0 radical (unpaired) electrons. The molecular formula is C14H24N2O2. The van der Waals surface area contributed by atoms with Crippen LogP contribution in [0.4, 0.5) is 0 Å². The van der Waals surface area contributed by atoms with Gasteiger partial charge in [-0.3, -0.25) is 4.79 Å². The minimum absolute atomic E-state index is 0.160. The highest BCUT2D eigenvalue weighted by molar-refractivity contribution is 5.74. The number of carbonyl (C=O) groups excluding carboxylic acids is 1. The molecule has 102 valence electrons. The number of ether oxygens (including phenoxy) is 1. The number of carbonyl (C=O) groups is 1. The number of nitrogens with two attached hydrogens (primary N) is 2. The van der Waals surface area contributed by atoms with E-state index in [2.05, 4.69) is 0 Å². The largest absolute Gasteiger partial charge is 0.426 e. The molecule has 0 aromatic heterocycles. The average Bonchev–Trinajstić information content (AvgIpc) is 2.34. The summed E-state index contributed by atoms with van der Waals surface area (Å²) in [6.45, 7) is 6.65. The second kappa shape index (κ2) is 6.59. The zero-order valence-electron chi connectivity index (χ0n) is 11.5. The predicted octanol–water partition coefficient (Wildman–Crippen LogP) is 2.06. The molecule has 2 rings (SSSR count). The van der Waals surface area contributed by atoms with Gasteiger partial charge in [0.15, 0.2) is 0 Å². The van der Waals surface area contributed by atoms with Crippen molar-refractivity contribution in [2.75, 3.05) is 6.54 Å². The first-order valence-electron chi connectivity index (χ1n) is 6.74. The number of rotatable bonds is 2. The summed E-state index contributed by atoms with van der Waals surface area (Å²) in [4.78, 5) is 11.3. The van der Waals surface area contributed by atoms with Crippen LogP contribution in [-0.2, 0) is 9.53 Å². The molecule has 2 aliphatic rings. The average molecular weight is 252 g/mol. The lowest BCUT2D eigenvalue weighted by atomic mass is 9.81. The Morgan fingerprint density at radius 2 is 2.11 bits per heavy atom. The van der Waals surface area contributed by atoms with Crippen LogP contribution in [0.1, 0.15) is 40.0 Å². The van der Waals surface area contributed by atoms with E-state index in [9.17, 15) is 4.79 Å². The number of allylic oxidation sites excluding steroid dienone is 3. The molecule has 1 aliphatic carbocycles. The summed E-state index contributed by atoms with van der Waals surface area (Å²) in [5, 5.41) is 0. The number of hydrogen-bond donors (Lipinski definition) is 2. The van der Waals surface area contributed by atoms with E-state index in [0.717, 1.165) is 24.1 Å². The van der Waals surface area contributed by atoms with Gasteiger partial charge in [0.2, 0.25) is 0 Å². The van der Waals surface area contributed by atoms with Gasteiger partial charge in [0.25, 0.3) is 0 Å². The van der Waals surface area contributed by atoms with E-state index in [1.807, 2.05) is 26.8 Å². The molecule has 2 unspecified atom stereocenters. The normalized spacial score (nSPS) is 26.7. The predicted molar refractivity (Wildman–Crippen MR) is 72.3 cm³/mol. The molecule has 0 amide bonds. The van der Waals surface area contributed by atoms with Crippen LogP contribution in [-0.4, -0.2) is 12.5 Å². The van der Waals surface area contributed by atoms with E-state index < -0.39 is 0 Å². The Kier molecular flexibility index (Phi) is 5.41. The van der Waals surface area contributed by atoms with Gasteiger partial charge in [0.1, 0.15) is 5.76 Å². The third-order valence-electron chi connectivity index (χ3n) is 3.31. The summed E-state index contributed by atoms with van der Waals surface area (Å²) < 4.78 is 5.21. The van der Waals surface area contributed by atoms with Crippen molar-refractivity contribution in [3.05, 3.63) is 23.1 Å². The van der Waals surface area contributed by atoms with Crippen LogP contribution in [0.5, 0.6) is 0 Å². The Morgan fingerprint density at radius 1 is 1.44 bits per heavy atom. The van der Waals surface area contributed by atoms with Gasteiger partial charge in [0.05, 0.1) is 6.42 Å². The van der Waals surface area contributed by atoms with Gasteiger partial charge in [-0.05, 0) is 31.4 Å². The van der Waals surface area contributed by atoms with Crippen LogP contribution in [0.2, 0.25) is 0 Å². The van der Waals surface area contributed by atoms with Crippen LogP contribution in [0.25, 0.3) is 0 Å². The van der Waals surface area contributed by atoms with Crippen molar-refractivity contribution in [2.24, 2.45) is 23.3 Å². The second-order valence-corrected chi connectivity index (χ2v) is 4.53. The monoisotopic (exact) mass is 252 g/mol. The molecular weight excluding hydrogens is 228 g/mol. The standard InChI is InChI=1S/C12H18N2O2.C2H6/c1-7-6-10(15)16-9-3-2-8(4-5-13)12(14)11(7)9;1-2/h3,7-8H,2,4-6,13-14H2,1H3;1-2H3. The Morgan fingerprint density at radius 3 is 2.72 bits per heavy atom. The van der Waals surface area contributed by atoms with Crippen molar-refractivity contribution in [1.82, 2.24) is 0 Å². The highest BCUT2D eigenvalue weighted by Crippen LogP contribution is 2.38. The number of fused-ring (bicyclic) bond motifs is 1. The SMILES string of the molecule is CC.CC1CC(=O)OC2=CCC(CCN)C(N)=C21. The zero-order chi connectivity index (χ0) is 13.7. The lowest BCUT2D eigenvalue weighted by Crippen LogP contribution is -2.29. The van der Waals surface area contributed by atoms with Crippen molar-refractivity contribution in [3.8, 4) is 0 Å². The molecule has 4 N–H and O–H groups in total. The molecule has 1 saturated heterocycles. The van der Waals surface area contributed by atoms with Crippen LogP contribution >= 0.6 is 0 Å². The van der Waals surface area contributed by atoms with Crippen LogP contribution in [0.3, 0.4) is 0 Å². The number of hydrogen-bond acceptors (Lipinski definition) is 4. The Hall–Kier alpha value is -1.29. The van der Waals surface area contributed by atoms with E-state index in [1.54, 1.807) is 0 Å². The molecule has 0 aromatic carbocycles. The van der Waals surface area contributed by atoms with Crippen LogP contribution < -0.4 is 11.5 Å². The van der Waals surface area contributed by atoms with E-state index in [-0.39, 0.29) is 11.9 Å². The second-order valence-electron chi connectivity index (χ2n) is 4.53. The van der Waals surface area contributed by atoms with Crippen molar-refractivity contribution < 1.29 is 9.53 Å². The van der Waals surface area contributed by atoms with E-state index in [4.69, 9.17) is 16.2 Å². The first-order valence-corrected chi connectivity index (χ1v) is 6.74. The highest BCUT2D eigenvalue weighted by atomic mass is 16.5. The van der Waals surface area contributed by atoms with Crippen LogP contribution in [0, 0.1) is 11.8 Å². The topological polar surface area (TPSA) is 78.3 Å². The smallest absolute Gasteiger partial charge is 0.311 e. The molecule has 0 spiro atoms. The van der Waals surface area contributed by atoms with Gasteiger partial charge in [-0.1, -0.05) is 20.8 Å². The Balaban J connectivity index is 0.000000771. The van der Waals surface area contributed by atoms with E-state index >= 15 is 0 Å². The minimum atomic E-state index is -0.160. The fourth-order valence-electron chi connectivity index (χ4n) is 2.46. The highest BCUT2D eigenvalue weighted by Gasteiger charge is 2.32. The van der Waals surface area contributed by atoms with Crippen molar-refractivity contribution in [2.45, 2.75) is 40.0 Å². The van der Waals surface area contributed by atoms with E-state index in [0.29, 0.717) is 24.6 Å². The molecule has 1 fully saturated rings. The summed E-state index contributed by atoms with van der Waals surface area (Å²) in [5.41, 5.74) is 13.6. The summed E-state index contributed by atoms with van der Waals surface area (Å²) >= 11 is 0. The molecule has 1 heterocycles.